The first kappa shape index (κ1) is 15.1. The molecule has 0 saturated carbocycles. The van der Waals surface area contributed by atoms with Gasteiger partial charge in [0.2, 0.25) is 5.88 Å². The molecule has 1 aromatic heterocycles. The van der Waals surface area contributed by atoms with Crippen LogP contribution in [0, 0.1) is 0 Å². The average molecular weight is 272 g/mol. The number of anilines is 1. The van der Waals surface area contributed by atoms with Crippen LogP contribution < -0.4 is 15.0 Å². The molecule has 1 aliphatic rings. The first-order valence-electron chi connectivity index (χ1n) is 6.28. The van der Waals surface area contributed by atoms with Gasteiger partial charge in [-0.05, 0) is 25.5 Å². The lowest BCUT2D eigenvalue weighted by Crippen LogP contribution is -2.28. The summed E-state index contributed by atoms with van der Waals surface area (Å²) in [5.41, 5.74) is 1.14. The van der Waals surface area contributed by atoms with Crippen molar-refractivity contribution in [2.24, 2.45) is 0 Å². The van der Waals surface area contributed by atoms with Crippen molar-refractivity contribution in [2.75, 3.05) is 25.1 Å². The number of hydrogen-bond donors (Lipinski definition) is 1. The highest BCUT2D eigenvalue weighted by Crippen LogP contribution is 2.23. The molecule has 18 heavy (non-hydrogen) atoms. The second-order valence-corrected chi connectivity index (χ2v) is 4.53. The third-order valence-corrected chi connectivity index (χ3v) is 3.37. The summed E-state index contributed by atoms with van der Waals surface area (Å²) >= 11 is 0. The highest BCUT2D eigenvalue weighted by Gasteiger charge is 2.14. The van der Waals surface area contributed by atoms with Crippen molar-refractivity contribution in [2.45, 2.75) is 32.9 Å². The van der Waals surface area contributed by atoms with Crippen LogP contribution in [-0.2, 0) is 6.54 Å². The van der Waals surface area contributed by atoms with Gasteiger partial charge in [0.25, 0.3) is 0 Å². The summed E-state index contributed by atoms with van der Waals surface area (Å²) in [6.07, 6.45) is 1.11. The molecule has 4 nitrogen and oxygen atoms in total. The molecule has 102 valence electrons. The molecule has 1 aliphatic heterocycles. The lowest BCUT2D eigenvalue weighted by molar-refractivity contribution is 0.314. The van der Waals surface area contributed by atoms with Gasteiger partial charge in [0.1, 0.15) is 12.4 Å². The van der Waals surface area contributed by atoms with Crippen molar-refractivity contribution < 1.29 is 4.74 Å². The van der Waals surface area contributed by atoms with E-state index in [4.69, 9.17) is 4.74 Å². The number of ether oxygens (including phenoxy) is 1. The molecule has 2 rings (SSSR count). The molecule has 1 N–H and O–H groups in total. The van der Waals surface area contributed by atoms with Crippen LogP contribution in [-0.4, -0.2) is 31.2 Å². The van der Waals surface area contributed by atoms with Gasteiger partial charge in [0.15, 0.2) is 0 Å². The number of pyridine rings is 1. The summed E-state index contributed by atoms with van der Waals surface area (Å²) in [4.78, 5) is 6.80. The maximum absolute atomic E-state index is 5.65. The molecule has 0 bridgehead atoms. The number of hydrogen-bond acceptors (Lipinski definition) is 4. The molecule has 1 unspecified atom stereocenters. The van der Waals surface area contributed by atoms with E-state index in [0.717, 1.165) is 36.8 Å². The molecule has 0 fully saturated rings. The summed E-state index contributed by atoms with van der Waals surface area (Å²) in [6, 6.07) is 4.67. The van der Waals surface area contributed by atoms with E-state index in [0.29, 0.717) is 12.6 Å². The van der Waals surface area contributed by atoms with E-state index in [1.807, 2.05) is 0 Å². The Bertz CT molecular complexity index is 386. The molecule has 0 spiro atoms. The molecule has 0 aliphatic carbocycles. The van der Waals surface area contributed by atoms with Crippen LogP contribution in [0.2, 0.25) is 0 Å². The molecule has 0 amide bonds. The molecule has 1 aromatic rings. The Morgan fingerprint density at radius 2 is 2.28 bits per heavy atom. The highest BCUT2D eigenvalue weighted by molar-refractivity contribution is 5.85. The molecule has 2 heterocycles. The van der Waals surface area contributed by atoms with Crippen LogP contribution in [0.4, 0.5) is 5.82 Å². The van der Waals surface area contributed by atoms with Crippen molar-refractivity contribution in [1.29, 1.82) is 0 Å². The number of nitrogens with zero attached hydrogens (tertiary/aromatic N) is 2. The largest absolute Gasteiger partial charge is 0.476 e. The zero-order valence-electron chi connectivity index (χ0n) is 11.3. The zero-order chi connectivity index (χ0) is 12.3. The first-order chi connectivity index (χ1) is 8.22. The van der Waals surface area contributed by atoms with Crippen molar-refractivity contribution in [1.82, 2.24) is 10.3 Å². The fourth-order valence-corrected chi connectivity index (χ4v) is 1.86. The first-order valence-corrected chi connectivity index (χ1v) is 6.28. The Kier molecular flexibility index (Phi) is 5.69. The van der Waals surface area contributed by atoms with Crippen LogP contribution in [0.1, 0.15) is 25.8 Å². The lowest BCUT2D eigenvalue weighted by atomic mass is 10.2. The Morgan fingerprint density at radius 3 is 3.00 bits per heavy atom. The van der Waals surface area contributed by atoms with Gasteiger partial charge >= 0.3 is 0 Å². The van der Waals surface area contributed by atoms with Gasteiger partial charge in [0, 0.05) is 31.7 Å². The molecular weight excluding hydrogens is 250 g/mol. The van der Waals surface area contributed by atoms with Crippen LogP contribution in [0.5, 0.6) is 5.88 Å². The fourth-order valence-electron chi connectivity index (χ4n) is 1.86. The number of aromatic nitrogens is 1. The summed E-state index contributed by atoms with van der Waals surface area (Å²) < 4.78 is 5.65. The van der Waals surface area contributed by atoms with E-state index in [1.54, 1.807) is 0 Å². The Balaban J connectivity index is 0.00000162. The predicted molar refractivity (Wildman–Crippen MR) is 76.8 cm³/mol. The zero-order valence-corrected chi connectivity index (χ0v) is 12.1. The molecule has 1 atom stereocenters. The van der Waals surface area contributed by atoms with Gasteiger partial charge in [-0.2, -0.15) is 4.98 Å². The number of halogens is 1. The normalized spacial score (nSPS) is 15.7. The van der Waals surface area contributed by atoms with Gasteiger partial charge in [-0.15, -0.1) is 12.4 Å². The summed E-state index contributed by atoms with van der Waals surface area (Å²) in [6.45, 7) is 6.81. The van der Waals surface area contributed by atoms with Crippen LogP contribution in [0.25, 0.3) is 0 Å². The monoisotopic (exact) mass is 271 g/mol. The standard InChI is InChI=1S/C13H21N3O.ClH/c1-4-10(2)16(3)12-6-5-11-9-14-7-8-17-13(11)15-12;/h5-6,10,14H,4,7-9H2,1-3H3;1H. The van der Waals surface area contributed by atoms with E-state index in [9.17, 15) is 0 Å². The van der Waals surface area contributed by atoms with Gasteiger partial charge in [-0.3, -0.25) is 0 Å². The number of fused-ring (bicyclic) bond motifs is 1. The van der Waals surface area contributed by atoms with Crippen molar-refractivity contribution >= 4 is 18.2 Å². The second-order valence-electron chi connectivity index (χ2n) is 4.53. The van der Waals surface area contributed by atoms with Crippen LogP contribution >= 0.6 is 12.4 Å². The Labute approximate surface area is 115 Å². The quantitative estimate of drug-likeness (QED) is 0.915. The maximum Gasteiger partial charge on any atom is 0.219 e. The minimum absolute atomic E-state index is 0. The van der Waals surface area contributed by atoms with E-state index in [2.05, 4.69) is 48.2 Å². The average Bonchev–Trinajstić information content (AvgIpc) is 2.61. The SMILES string of the molecule is CCC(C)N(C)c1ccc2c(n1)OCCNC2.Cl. The van der Waals surface area contributed by atoms with E-state index in [-0.39, 0.29) is 12.4 Å². The van der Waals surface area contributed by atoms with Gasteiger partial charge in [0.05, 0.1) is 0 Å². The van der Waals surface area contributed by atoms with Gasteiger partial charge in [-0.1, -0.05) is 6.92 Å². The summed E-state index contributed by atoms with van der Waals surface area (Å²) in [5.74, 6) is 1.77. The molecule has 0 saturated heterocycles. The molecule has 0 radical (unpaired) electrons. The minimum Gasteiger partial charge on any atom is -0.476 e. The third-order valence-electron chi connectivity index (χ3n) is 3.37. The topological polar surface area (TPSA) is 37.4 Å². The summed E-state index contributed by atoms with van der Waals surface area (Å²) in [5, 5.41) is 3.31. The van der Waals surface area contributed by atoms with Gasteiger partial charge in [-0.25, -0.2) is 0 Å². The van der Waals surface area contributed by atoms with Crippen molar-refractivity contribution in [3.05, 3.63) is 17.7 Å². The lowest BCUT2D eigenvalue weighted by Gasteiger charge is -2.25. The van der Waals surface area contributed by atoms with E-state index >= 15 is 0 Å². The molecular formula is C13H22ClN3O. The molecule has 0 aromatic carbocycles. The number of nitrogens with one attached hydrogen (secondary N) is 1. The van der Waals surface area contributed by atoms with Crippen LogP contribution in [0.3, 0.4) is 0 Å². The predicted octanol–water partition coefficient (Wildman–Crippen LogP) is 2.22. The Morgan fingerprint density at radius 1 is 1.50 bits per heavy atom. The second kappa shape index (κ2) is 6.81. The highest BCUT2D eigenvalue weighted by atomic mass is 35.5. The van der Waals surface area contributed by atoms with E-state index in [1.165, 1.54) is 0 Å². The molecule has 5 heteroatoms. The maximum atomic E-state index is 5.65. The van der Waals surface area contributed by atoms with E-state index < -0.39 is 0 Å². The van der Waals surface area contributed by atoms with Crippen molar-refractivity contribution in [3.63, 3.8) is 0 Å². The van der Waals surface area contributed by atoms with Crippen molar-refractivity contribution in [3.8, 4) is 5.88 Å². The van der Waals surface area contributed by atoms with Gasteiger partial charge < -0.3 is 15.0 Å². The smallest absolute Gasteiger partial charge is 0.219 e. The summed E-state index contributed by atoms with van der Waals surface area (Å²) in [7, 11) is 2.08. The fraction of sp³-hybridized carbons (Fsp3) is 0.615. The number of rotatable bonds is 3. The third kappa shape index (κ3) is 3.27. The minimum atomic E-state index is 0. The van der Waals surface area contributed by atoms with Crippen LogP contribution in [0.15, 0.2) is 12.1 Å². The Hall–Kier alpha value is -1.00.